The van der Waals surface area contributed by atoms with Crippen LogP contribution < -0.4 is 5.32 Å². The summed E-state index contributed by atoms with van der Waals surface area (Å²) in [4.78, 5) is 0. The minimum absolute atomic E-state index is 0.396. The highest BCUT2D eigenvalue weighted by atomic mass is 79.9. The van der Waals surface area contributed by atoms with E-state index in [2.05, 4.69) is 63.2 Å². The van der Waals surface area contributed by atoms with Gasteiger partial charge >= 0.3 is 0 Å². The van der Waals surface area contributed by atoms with Gasteiger partial charge in [0, 0.05) is 47.3 Å². The van der Waals surface area contributed by atoms with Crippen LogP contribution in [0.5, 0.6) is 0 Å². The Morgan fingerprint density at radius 1 is 1.45 bits per heavy atom. The van der Waals surface area contributed by atoms with Gasteiger partial charge in [-0.2, -0.15) is 0 Å². The first-order valence-electron chi connectivity index (χ1n) is 7.33. The molecule has 1 N–H and O–H groups in total. The molecule has 2 unspecified atom stereocenters. The molecule has 1 saturated heterocycles. The molecular formula is C16H21BrN2O. The molecule has 0 saturated carbocycles. The van der Waals surface area contributed by atoms with Crippen LogP contribution in [0.2, 0.25) is 0 Å². The van der Waals surface area contributed by atoms with Gasteiger partial charge in [-0.15, -0.1) is 0 Å². The fraction of sp³-hybridized carbons (Fsp3) is 0.500. The monoisotopic (exact) mass is 336 g/mol. The van der Waals surface area contributed by atoms with E-state index in [0.717, 1.165) is 24.2 Å². The van der Waals surface area contributed by atoms with Gasteiger partial charge < -0.3 is 14.6 Å². The van der Waals surface area contributed by atoms with Crippen LogP contribution in [0, 0.1) is 0 Å². The minimum Gasteiger partial charge on any atom is -0.377 e. The Hall–Kier alpha value is -0.840. The molecule has 2 heterocycles. The second-order valence-corrected chi connectivity index (χ2v) is 6.42. The lowest BCUT2D eigenvalue weighted by molar-refractivity contribution is 0.0835. The number of benzene rings is 1. The minimum atomic E-state index is 0.396. The number of nitrogens with one attached hydrogen (secondary N) is 1. The molecule has 1 aliphatic heterocycles. The maximum Gasteiger partial charge on any atom is 0.0726 e. The van der Waals surface area contributed by atoms with Crippen molar-refractivity contribution in [2.24, 2.45) is 0 Å². The first-order valence-corrected chi connectivity index (χ1v) is 8.13. The number of rotatable bonds is 5. The van der Waals surface area contributed by atoms with Crippen molar-refractivity contribution in [3.05, 3.63) is 34.9 Å². The predicted octanol–water partition coefficient (Wildman–Crippen LogP) is 3.56. The Kier molecular flexibility index (Phi) is 4.44. The van der Waals surface area contributed by atoms with Gasteiger partial charge in [-0.05, 0) is 44.0 Å². The van der Waals surface area contributed by atoms with E-state index < -0.39 is 0 Å². The molecule has 0 aliphatic carbocycles. The summed E-state index contributed by atoms with van der Waals surface area (Å²) in [7, 11) is 0. The molecule has 1 aliphatic rings. The van der Waals surface area contributed by atoms with Crippen LogP contribution in [0.15, 0.2) is 34.9 Å². The van der Waals surface area contributed by atoms with Crippen molar-refractivity contribution < 1.29 is 4.74 Å². The number of halogens is 1. The Bertz CT molecular complexity index is 575. The smallest absolute Gasteiger partial charge is 0.0726 e. The molecule has 0 amide bonds. The van der Waals surface area contributed by atoms with Crippen LogP contribution in [0.4, 0.5) is 0 Å². The number of aromatic nitrogens is 1. The van der Waals surface area contributed by atoms with Crippen molar-refractivity contribution in [3.8, 4) is 0 Å². The standard InChI is InChI=1S/C16H21BrN2O/c1-12(16-3-2-10-20-16)18-7-9-19-8-6-13-11-14(17)4-5-15(13)19/h4-6,8,11-12,16,18H,2-3,7,9-10H2,1H3. The van der Waals surface area contributed by atoms with E-state index in [1.54, 1.807) is 0 Å². The van der Waals surface area contributed by atoms with Crippen molar-refractivity contribution in [3.63, 3.8) is 0 Å². The van der Waals surface area contributed by atoms with Crippen molar-refractivity contribution in [1.82, 2.24) is 9.88 Å². The summed E-state index contributed by atoms with van der Waals surface area (Å²) in [6.07, 6.45) is 4.95. The van der Waals surface area contributed by atoms with Crippen LogP contribution in [0.1, 0.15) is 19.8 Å². The van der Waals surface area contributed by atoms with E-state index in [1.165, 1.54) is 23.7 Å². The SMILES string of the molecule is CC(NCCn1ccc2cc(Br)ccc21)C1CCCO1. The van der Waals surface area contributed by atoms with Crippen LogP contribution >= 0.6 is 15.9 Å². The molecule has 3 nitrogen and oxygen atoms in total. The average Bonchev–Trinajstić information content (AvgIpc) is 3.08. The largest absolute Gasteiger partial charge is 0.377 e. The second-order valence-electron chi connectivity index (χ2n) is 5.51. The normalized spacial score (nSPS) is 20.6. The van der Waals surface area contributed by atoms with Crippen LogP contribution in [-0.2, 0) is 11.3 Å². The van der Waals surface area contributed by atoms with Gasteiger partial charge in [0.1, 0.15) is 0 Å². The second kappa shape index (κ2) is 6.29. The van der Waals surface area contributed by atoms with Gasteiger partial charge in [0.2, 0.25) is 0 Å². The van der Waals surface area contributed by atoms with Gasteiger partial charge in [-0.3, -0.25) is 0 Å². The van der Waals surface area contributed by atoms with Gasteiger partial charge in [0.05, 0.1) is 6.10 Å². The number of hydrogen-bond donors (Lipinski definition) is 1. The number of ether oxygens (including phenoxy) is 1. The lowest BCUT2D eigenvalue weighted by atomic mass is 10.1. The van der Waals surface area contributed by atoms with E-state index in [0.29, 0.717) is 12.1 Å². The lowest BCUT2D eigenvalue weighted by Gasteiger charge is -2.20. The first kappa shape index (κ1) is 14.1. The summed E-state index contributed by atoms with van der Waals surface area (Å²) in [5, 5.41) is 4.87. The summed E-state index contributed by atoms with van der Waals surface area (Å²) < 4.78 is 9.15. The highest BCUT2D eigenvalue weighted by molar-refractivity contribution is 9.10. The van der Waals surface area contributed by atoms with Crippen molar-refractivity contribution >= 4 is 26.8 Å². The van der Waals surface area contributed by atoms with Crippen molar-refractivity contribution in [2.45, 2.75) is 38.5 Å². The highest BCUT2D eigenvalue weighted by Gasteiger charge is 2.21. The zero-order valence-electron chi connectivity index (χ0n) is 11.8. The van der Waals surface area contributed by atoms with E-state index in [-0.39, 0.29) is 0 Å². The van der Waals surface area contributed by atoms with E-state index >= 15 is 0 Å². The Morgan fingerprint density at radius 3 is 3.15 bits per heavy atom. The van der Waals surface area contributed by atoms with Crippen molar-refractivity contribution in [1.29, 1.82) is 0 Å². The Balaban J connectivity index is 1.57. The number of hydrogen-bond acceptors (Lipinski definition) is 2. The number of fused-ring (bicyclic) bond motifs is 1. The molecule has 1 aromatic carbocycles. The summed E-state index contributed by atoms with van der Waals surface area (Å²) in [6.45, 7) is 5.11. The molecule has 0 spiro atoms. The van der Waals surface area contributed by atoms with Crippen LogP contribution in [0.25, 0.3) is 10.9 Å². The highest BCUT2D eigenvalue weighted by Crippen LogP contribution is 2.20. The van der Waals surface area contributed by atoms with Gasteiger partial charge in [0.15, 0.2) is 0 Å². The van der Waals surface area contributed by atoms with Crippen molar-refractivity contribution in [2.75, 3.05) is 13.2 Å². The molecule has 2 atom stereocenters. The molecule has 2 aromatic rings. The third-order valence-corrected chi connectivity index (χ3v) is 4.57. The van der Waals surface area contributed by atoms with Gasteiger partial charge in [-0.1, -0.05) is 15.9 Å². The van der Waals surface area contributed by atoms with Gasteiger partial charge in [-0.25, -0.2) is 0 Å². The molecule has 1 fully saturated rings. The number of nitrogens with zero attached hydrogens (tertiary/aromatic N) is 1. The van der Waals surface area contributed by atoms with E-state index in [1.807, 2.05) is 0 Å². The van der Waals surface area contributed by atoms with Crippen LogP contribution in [-0.4, -0.2) is 29.9 Å². The molecule has 4 heteroatoms. The Morgan fingerprint density at radius 2 is 2.35 bits per heavy atom. The topological polar surface area (TPSA) is 26.2 Å². The maximum absolute atomic E-state index is 5.71. The molecule has 1 aromatic heterocycles. The lowest BCUT2D eigenvalue weighted by Crippen LogP contribution is -2.38. The summed E-state index contributed by atoms with van der Waals surface area (Å²) >= 11 is 3.52. The van der Waals surface area contributed by atoms with E-state index in [9.17, 15) is 0 Å². The zero-order chi connectivity index (χ0) is 13.9. The van der Waals surface area contributed by atoms with Gasteiger partial charge in [0.25, 0.3) is 0 Å². The summed E-state index contributed by atoms with van der Waals surface area (Å²) in [5.74, 6) is 0. The molecule has 20 heavy (non-hydrogen) atoms. The first-order chi connectivity index (χ1) is 9.74. The third kappa shape index (κ3) is 3.08. The van der Waals surface area contributed by atoms with Crippen LogP contribution in [0.3, 0.4) is 0 Å². The summed E-state index contributed by atoms with van der Waals surface area (Å²) in [5.41, 5.74) is 1.29. The zero-order valence-corrected chi connectivity index (χ0v) is 13.4. The third-order valence-electron chi connectivity index (χ3n) is 4.07. The quantitative estimate of drug-likeness (QED) is 0.903. The molecular weight excluding hydrogens is 316 g/mol. The molecule has 0 radical (unpaired) electrons. The fourth-order valence-corrected chi connectivity index (χ4v) is 3.29. The maximum atomic E-state index is 5.71. The predicted molar refractivity (Wildman–Crippen MR) is 86.1 cm³/mol. The summed E-state index contributed by atoms with van der Waals surface area (Å²) in [6, 6.07) is 9.04. The fourth-order valence-electron chi connectivity index (χ4n) is 2.91. The molecule has 108 valence electrons. The molecule has 0 bridgehead atoms. The Labute approximate surface area is 128 Å². The van der Waals surface area contributed by atoms with E-state index in [4.69, 9.17) is 4.74 Å². The molecule has 3 rings (SSSR count). The average molecular weight is 337 g/mol.